The van der Waals surface area contributed by atoms with Crippen molar-refractivity contribution in [1.29, 1.82) is 0 Å². The molecule has 2 atom stereocenters. The quantitative estimate of drug-likeness (QED) is 0.839. The van der Waals surface area contributed by atoms with E-state index in [1.165, 1.54) is 22.3 Å². The molecule has 112 valence electrons. The van der Waals surface area contributed by atoms with Crippen molar-refractivity contribution in [3.05, 3.63) is 34.4 Å². The largest absolute Gasteiger partial charge is 0.354 e. The van der Waals surface area contributed by atoms with Gasteiger partial charge in [-0.2, -0.15) is 0 Å². The molecular formula is C17H28N2O. The second kappa shape index (κ2) is 7.44. The molecular weight excluding hydrogens is 248 g/mol. The van der Waals surface area contributed by atoms with E-state index >= 15 is 0 Å². The highest BCUT2D eigenvalue weighted by molar-refractivity contribution is 5.81. The van der Waals surface area contributed by atoms with Gasteiger partial charge in [-0.3, -0.25) is 4.79 Å². The predicted molar refractivity (Wildman–Crippen MR) is 84.8 cm³/mol. The summed E-state index contributed by atoms with van der Waals surface area (Å²) in [6.07, 6.45) is 1.78. The maximum atomic E-state index is 11.9. The molecule has 1 amide bonds. The lowest BCUT2D eigenvalue weighted by Crippen LogP contribution is -2.45. The number of benzene rings is 1. The number of hydrogen-bond acceptors (Lipinski definition) is 2. The van der Waals surface area contributed by atoms with Gasteiger partial charge in [-0.05, 0) is 49.8 Å². The monoisotopic (exact) mass is 276 g/mol. The van der Waals surface area contributed by atoms with Gasteiger partial charge in [0.05, 0.1) is 6.04 Å². The van der Waals surface area contributed by atoms with Crippen molar-refractivity contribution in [3.63, 3.8) is 0 Å². The maximum Gasteiger partial charge on any atom is 0.237 e. The second-order valence-corrected chi connectivity index (χ2v) is 5.83. The van der Waals surface area contributed by atoms with Gasteiger partial charge >= 0.3 is 0 Å². The lowest BCUT2D eigenvalue weighted by atomic mass is 9.97. The van der Waals surface area contributed by atoms with Gasteiger partial charge in [0.1, 0.15) is 0 Å². The Hall–Kier alpha value is -1.35. The highest BCUT2D eigenvalue weighted by Gasteiger charge is 2.18. The zero-order valence-electron chi connectivity index (χ0n) is 13.4. The summed E-state index contributed by atoms with van der Waals surface area (Å²) in [5.74, 6) is 0.180. The third-order valence-electron chi connectivity index (χ3n) is 4.07. The normalized spacial score (nSPS) is 13.9. The predicted octanol–water partition coefficient (Wildman–Crippen LogP) is 2.64. The van der Waals surface area contributed by atoms with Crippen LogP contribution in [0.4, 0.5) is 0 Å². The molecule has 3 heteroatoms. The summed E-state index contributed by atoms with van der Waals surface area (Å²) >= 11 is 0. The van der Waals surface area contributed by atoms with E-state index in [-0.39, 0.29) is 11.8 Å². The van der Waals surface area contributed by atoms with Crippen LogP contribution in [0.2, 0.25) is 0 Å². The topological polar surface area (TPSA) is 55.1 Å². The maximum absolute atomic E-state index is 11.9. The van der Waals surface area contributed by atoms with Crippen LogP contribution in [0.1, 0.15) is 42.5 Å². The SMILES string of the molecule is CCC(C)C(N)C(=O)NCCc1c(C)cc(C)cc1C. The molecule has 3 nitrogen and oxygen atoms in total. The minimum absolute atomic E-state index is 0.0400. The van der Waals surface area contributed by atoms with E-state index in [1.807, 2.05) is 6.92 Å². The molecule has 0 fully saturated rings. The molecule has 20 heavy (non-hydrogen) atoms. The summed E-state index contributed by atoms with van der Waals surface area (Å²) in [4.78, 5) is 11.9. The number of nitrogens with one attached hydrogen (secondary N) is 1. The molecule has 0 heterocycles. The summed E-state index contributed by atoms with van der Waals surface area (Å²) in [5.41, 5.74) is 11.1. The molecule has 0 bridgehead atoms. The average molecular weight is 276 g/mol. The third-order valence-corrected chi connectivity index (χ3v) is 4.07. The Kier molecular flexibility index (Phi) is 6.21. The van der Waals surface area contributed by atoms with Gasteiger partial charge in [0.25, 0.3) is 0 Å². The minimum atomic E-state index is -0.403. The van der Waals surface area contributed by atoms with E-state index in [1.54, 1.807) is 0 Å². The van der Waals surface area contributed by atoms with Gasteiger partial charge in [0.15, 0.2) is 0 Å². The standard InChI is InChI=1S/C17H28N2O/c1-6-12(3)16(18)17(20)19-8-7-15-13(4)9-11(2)10-14(15)5/h9-10,12,16H,6-8,18H2,1-5H3,(H,19,20). The average Bonchev–Trinajstić information content (AvgIpc) is 2.39. The molecule has 0 saturated heterocycles. The Morgan fingerprint density at radius 2 is 1.80 bits per heavy atom. The van der Waals surface area contributed by atoms with E-state index in [0.717, 1.165) is 12.8 Å². The van der Waals surface area contributed by atoms with Crippen LogP contribution in [0.5, 0.6) is 0 Å². The van der Waals surface area contributed by atoms with E-state index in [2.05, 4.69) is 45.1 Å². The number of hydrogen-bond donors (Lipinski definition) is 2. The Bertz CT molecular complexity index is 445. The fraction of sp³-hybridized carbons (Fsp3) is 0.588. The van der Waals surface area contributed by atoms with E-state index in [9.17, 15) is 4.79 Å². The van der Waals surface area contributed by atoms with Gasteiger partial charge in [-0.1, -0.05) is 38.0 Å². The van der Waals surface area contributed by atoms with Crippen LogP contribution in [0.15, 0.2) is 12.1 Å². The van der Waals surface area contributed by atoms with E-state index in [4.69, 9.17) is 5.73 Å². The van der Waals surface area contributed by atoms with E-state index in [0.29, 0.717) is 6.54 Å². The van der Waals surface area contributed by atoms with Gasteiger partial charge < -0.3 is 11.1 Å². The van der Waals surface area contributed by atoms with Crippen LogP contribution in [-0.4, -0.2) is 18.5 Å². The Balaban J connectivity index is 2.55. The summed E-state index contributed by atoms with van der Waals surface area (Å²) in [6, 6.07) is 3.98. The molecule has 1 aromatic carbocycles. The van der Waals surface area contributed by atoms with Gasteiger partial charge in [-0.15, -0.1) is 0 Å². The van der Waals surface area contributed by atoms with Crippen molar-refractivity contribution in [1.82, 2.24) is 5.32 Å². The number of carbonyl (C=O) groups is 1. The zero-order valence-corrected chi connectivity index (χ0v) is 13.4. The Morgan fingerprint density at radius 1 is 1.25 bits per heavy atom. The van der Waals surface area contributed by atoms with Crippen LogP contribution in [-0.2, 0) is 11.2 Å². The molecule has 3 N–H and O–H groups in total. The fourth-order valence-electron chi connectivity index (χ4n) is 2.55. The second-order valence-electron chi connectivity index (χ2n) is 5.83. The van der Waals surface area contributed by atoms with Crippen molar-refractivity contribution in [2.45, 2.75) is 53.5 Å². The van der Waals surface area contributed by atoms with Crippen LogP contribution >= 0.6 is 0 Å². The molecule has 2 unspecified atom stereocenters. The molecule has 0 aromatic heterocycles. The highest BCUT2D eigenvalue weighted by Crippen LogP contribution is 2.16. The van der Waals surface area contributed by atoms with Crippen molar-refractivity contribution < 1.29 is 4.79 Å². The van der Waals surface area contributed by atoms with Crippen molar-refractivity contribution in [2.75, 3.05) is 6.54 Å². The molecule has 0 spiro atoms. The Labute approximate surface area is 122 Å². The lowest BCUT2D eigenvalue weighted by molar-refractivity contribution is -0.123. The van der Waals surface area contributed by atoms with Crippen LogP contribution in [0.25, 0.3) is 0 Å². The number of aryl methyl sites for hydroxylation is 3. The van der Waals surface area contributed by atoms with Gasteiger partial charge in [0, 0.05) is 6.54 Å². The first-order valence-electron chi connectivity index (χ1n) is 7.46. The first kappa shape index (κ1) is 16.7. The molecule has 1 aromatic rings. The summed E-state index contributed by atoms with van der Waals surface area (Å²) in [5, 5.41) is 2.95. The minimum Gasteiger partial charge on any atom is -0.354 e. The molecule has 1 rings (SSSR count). The van der Waals surface area contributed by atoms with E-state index < -0.39 is 6.04 Å². The van der Waals surface area contributed by atoms with Gasteiger partial charge in [-0.25, -0.2) is 0 Å². The highest BCUT2D eigenvalue weighted by atomic mass is 16.2. The van der Waals surface area contributed by atoms with Crippen LogP contribution in [0.3, 0.4) is 0 Å². The molecule has 0 radical (unpaired) electrons. The smallest absolute Gasteiger partial charge is 0.237 e. The third kappa shape index (κ3) is 4.34. The number of carbonyl (C=O) groups excluding carboxylic acids is 1. The lowest BCUT2D eigenvalue weighted by Gasteiger charge is -2.18. The van der Waals surface area contributed by atoms with Crippen molar-refractivity contribution in [3.8, 4) is 0 Å². The van der Waals surface area contributed by atoms with Crippen LogP contribution < -0.4 is 11.1 Å². The summed E-state index contributed by atoms with van der Waals surface area (Å²) < 4.78 is 0. The first-order chi connectivity index (χ1) is 9.36. The summed E-state index contributed by atoms with van der Waals surface area (Å²) in [7, 11) is 0. The molecule has 0 aliphatic heterocycles. The first-order valence-corrected chi connectivity index (χ1v) is 7.46. The van der Waals surface area contributed by atoms with Crippen LogP contribution in [0, 0.1) is 26.7 Å². The number of nitrogens with two attached hydrogens (primary N) is 1. The molecule has 0 aliphatic carbocycles. The van der Waals surface area contributed by atoms with Crippen molar-refractivity contribution >= 4 is 5.91 Å². The molecule has 0 saturated carbocycles. The molecule has 0 aliphatic rings. The zero-order chi connectivity index (χ0) is 15.3. The van der Waals surface area contributed by atoms with Crippen molar-refractivity contribution in [2.24, 2.45) is 11.7 Å². The number of amides is 1. The number of rotatable bonds is 6. The summed E-state index contributed by atoms with van der Waals surface area (Å²) in [6.45, 7) is 11.1. The fourth-order valence-corrected chi connectivity index (χ4v) is 2.55. The Morgan fingerprint density at radius 3 is 2.30 bits per heavy atom. The van der Waals surface area contributed by atoms with Gasteiger partial charge in [0.2, 0.25) is 5.91 Å².